The molecule has 1 unspecified atom stereocenters. The van der Waals surface area contributed by atoms with Gasteiger partial charge in [0.2, 0.25) is 0 Å². The average molecular weight is 308 g/mol. The summed E-state index contributed by atoms with van der Waals surface area (Å²) < 4.78 is 0. The highest BCUT2D eigenvalue weighted by Crippen LogP contribution is 2.16. The topological polar surface area (TPSA) is 69.6 Å². The minimum absolute atomic E-state index is 0.167. The van der Waals surface area contributed by atoms with Gasteiger partial charge >= 0.3 is 12.0 Å². The van der Waals surface area contributed by atoms with Crippen molar-refractivity contribution < 1.29 is 14.7 Å². The number of hydrogen-bond acceptors (Lipinski definition) is 3. The lowest BCUT2D eigenvalue weighted by molar-refractivity contribution is -0.141. The number of nitrogens with zero attached hydrogens (tertiary/aromatic N) is 1. The summed E-state index contributed by atoms with van der Waals surface area (Å²) in [5.74, 6) is -1.24. The smallest absolute Gasteiger partial charge is 0.317 e. The van der Waals surface area contributed by atoms with E-state index in [4.69, 9.17) is 5.11 Å². The molecule has 0 spiro atoms. The molecule has 1 saturated heterocycles. The first-order chi connectivity index (χ1) is 10.1. The standard InChI is InChI=1S/C15H20N2O3S/c1-21-13-4-2-11(3-5-13)6-8-16-15(20)17-9-7-12(10-17)14(18)19/h2-5,12H,6-10H2,1H3,(H,16,20)(H,18,19). The third-order valence-corrected chi connectivity index (χ3v) is 4.42. The first kappa shape index (κ1) is 15.7. The lowest BCUT2D eigenvalue weighted by atomic mass is 10.1. The van der Waals surface area contributed by atoms with Crippen molar-refractivity contribution in [3.8, 4) is 0 Å². The Morgan fingerprint density at radius 2 is 2.10 bits per heavy atom. The van der Waals surface area contributed by atoms with E-state index < -0.39 is 11.9 Å². The van der Waals surface area contributed by atoms with E-state index in [0.29, 0.717) is 26.1 Å². The van der Waals surface area contributed by atoms with Crippen molar-refractivity contribution in [3.63, 3.8) is 0 Å². The maximum atomic E-state index is 11.9. The lowest BCUT2D eigenvalue weighted by Gasteiger charge is -2.16. The number of urea groups is 1. The van der Waals surface area contributed by atoms with Gasteiger partial charge in [-0.25, -0.2) is 4.79 Å². The monoisotopic (exact) mass is 308 g/mol. The summed E-state index contributed by atoms with van der Waals surface area (Å²) in [5, 5.41) is 11.8. The van der Waals surface area contributed by atoms with Crippen LogP contribution in [0.2, 0.25) is 0 Å². The van der Waals surface area contributed by atoms with Crippen molar-refractivity contribution in [2.75, 3.05) is 25.9 Å². The fraction of sp³-hybridized carbons (Fsp3) is 0.467. The number of carbonyl (C=O) groups is 2. The molecule has 0 aliphatic carbocycles. The number of aliphatic carboxylic acids is 1. The third-order valence-electron chi connectivity index (χ3n) is 3.67. The summed E-state index contributed by atoms with van der Waals surface area (Å²) in [5.41, 5.74) is 1.18. The fourth-order valence-electron chi connectivity index (χ4n) is 2.36. The Morgan fingerprint density at radius 3 is 2.67 bits per heavy atom. The number of likely N-dealkylation sites (tertiary alicyclic amines) is 1. The highest BCUT2D eigenvalue weighted by molar-refractivity contribution is 7.98. The molecule has 114 valence electrons. The van der Waals surface area contributed by atoms with Crippen molar-refractivity contribution in [2.45, 2.75) is 17.7 Å². The molecule has 21 heavy (non-hydrogen) atoms. The summed E-state index contributed by atoms with van der Waals surface area (Å²) >= 11 is 1.70. The second-order valence-electron chi connectivity index (χ2n) is 5.10. The number of nitrogens with one attached hydrogen (secondary N) is 1. The first-order valence-electron chi connectivity index (χ1n) is 6.98. The number of amides is 2. The highest BCUT2D eigenvalue weighted by Gasteiger charge is 2.30. The number of carboxylic acid groups (broad SMARTS) is 1. The summed E-state index contributed by atoms with van der Waals surface area (Å²) in [6.07, 6.45) is 3.35. The van der Waals surface area contributed by atoms with Crippen LogP contribution < -0.4 is 5.32 Å². The second-order valence-corrected chi connectivity index (χ2v) is 5.98. The molecule has 0 bridgehead atoms. The Kier molecular flexibility index (Phi) is 5.50. The van der Waals surface area contributed by atoms with Gasteiger partial charge in [0, 0.05) is 24.5 Å². The zero-order chi connectivity index (χ0) is 15.2. The van der Waals surface area contributed by atoms with E-state index in [-0.39, 0.29) is 6.03 Å². The molecule has 2 N–H and O–H groups in total. The Hall–Kier alpha value is -1.69. The van der Waals surface area contributed by atoms with Gasteiger partial charge in [0.15, 0.2) is 0 Å². The van der Waals surface area contributed by atoms with Gasteiger partial charge < -0.3 is 15.3 Å². The molecule has 1 aliphatic heterocycles. The van der Waals surface area contributed by atoms with E-state index in [0.717, 1.165) is 6.42 Å². The molecule has 0 radical (unpaired) electrons. The van der Waals surface area contributed by atoms with Crippen LogP contribution in [0.1, 0.15) is 12.0 Å². The minimum atomic E-state index is -0.820. The average Bonchev–Trinajstić information content (AvgIpc) is 2.98. The number of carboxylic acids is 1. The van der Waals surface area contributed by atoms with Crippen LogP contribution in [-0.4, -0.2) is 47.9 Å². The predicted octanol–water partition coefficient (Wildman–Crippen LogP) is 2.07. The summed E-state index contributed by atoms with van der Waals surface area (Å²) in [6.45, 7) is 1.39. The summed E-state index contributed by atoms with van der Waals surface area (Å²) in [7, 11) is 0. The molecule has 6 heteroatoms. The van der Waals surface area contributed by atoms with Gasteiger partial charge in [-0.15, -0.1) is 11.8 Å². The molecule has 1 heterocycles. The highest BCUT2D eigenvalue weighted by atomic mass is 32.2. The van der Waals surface area contributed by atoms with E-state index >= 15 is 0 Å². The van der Waals surface area contributed by atoms with E-state index in [9.17, 15) is 9.59 Å². The largest absolute Gasteiger partial charge is 0.481 e. The van der Waals surface area contributed by atoms with Gasteiger partial charge in [-0.2, -0.15) is 0 Å². The zero-order valence-electron chi connectivity index (χ0n) is 12.0. The molecular weight excluding hydrogens is 288 g/mol. The van der Waals surface area contributed by atoms with E-state index in [2.05, 4.69) is 29.6 Å². The Bertz CT molecular complexity index is 504. The van der Waals surface area contributed by atoms with Crippen LogP contribution in [0.15, 0.2) is 29.2 Å². The molecule has 1 aromatic rings. The maximum Gasteiger partial charge on any atom is 0.317 e. The molecule has 2 amide bonds. The van der Waals surface area contributed by atoms with Gasteiger partial charge in [-0.1, -0.05) is 12.1 Å². The lowest BCUT2D eigenvalue weighted by Crippen LogP contribution is -2.39. The molecule has 2 rings (SSSR count). The predicted molar refractivity (Wildman–Crippen MR) is 82.6 cm³/mol. The third kappa shape index (κ3) is 4.39. The van der Waals surface area contributed by atoms with Crippen LogP contribution >= 0.6 is 11.8 Å². The quantitative estimate of drug-likeness (QED) is 0.817. The van der Waals surface area contributed by atoms with Crippen molar-refractivity contribution in [2.24, 2.45) is 5.92 Å². The molecule has 1 atom stereocenters. The van der Waals surface area contributed by atoms with Gasteiger partial charge in [0.25, 0.3) is 0 Å². The van der Waals surface area contributed by atoms with Crippen LogP contribution in [-0.2, 0) is 11.2 Å². The maximum absolute atomic E-state index is 11.9. The molecule has 5 nitrogen and oxygen atoms in total. The first-order valence-corrected chi connectivity index (χ1v) is 8.21. The van der Waals surface area contributed by atoms with Crippen molar-refractivity contribution in [1.29, 1.82) is 0 Å². The SMILES string of the molecule is CSc1ccc(CCNC(=O)N2CCC(C(=O)O)C2)cc1. The van der Waals surface area contributed by atoms with E-state index in [1.165, 1.54) is 10.5 Å². The summed E-state index contributed by atoms with van der Waals surface area (Å²) in [4.78, 5) is 25.6. The number of benzene rings is 1. The molecule has 1 aromatic carbocycles. The van der Waals surface area contributed by atoms with Crippen molar-refractivity contribution >= 4 is 23.8 Å². The fourth-order valence-corrected chi connectivity index (χ4v) is 2.77. The molecule has 1 aliphatic rings. The van der Waals surface area contributed by atoms with Crippen LogP contribution in [0.4, 0.5) is 4.79 Å². The van der Waals surface area contributed by atoms with Gasteiger partial charge in [-0.05, 0) is 36.8 Å². The van der Waals surface area contributed by atoms with Crippen LogP contribution in [0, 0.1) is 5.92 Å². The van der Waals surface area contributed by atoms with Crippen molar-refractivity contribution in [1.82, 2.24) is 10.2 Å². The van der Waals surface area contributed by atoms with E-state index in [1.807, 2.05) is 6.26 Å². The van der Waals surface area contributed by atoms with Crippen LogP contribution in [0.25, 0.3) is 0 Å². The van der Waals surface area contributed by atoms with E-state index in [1.54, 1.807) is 16.7 Å². The minimum Gasteiger partial charge on any atom is -0.481 e. The molecular formula is C15H20N2O3S. The molecule has 0 saturated carbocycles. The Balaban J connectivity index is 1.73. The number of carbonyl (C=O) groups excluding carboxylic acids is 1. The van der Waals surface area contributed by atoms with Gasteiger partial charge in [0.05, 0.1) is 5.92 Å². The number of rotatable bonds is 5. The van der Waals surface area contributed by atoms with Crippen molar-refractivity contribution in [3.05, 3.63) is 29.8 Å². The molecule has 1 fully saturated rings. The Morgan fingerprint density at radius 1 is 1.38 bits per heavy atom. The zero-order valence-corrected chi connectivity index (χ0v) is 12.9. The summed E-state index contributed by atoms with van der Waals surface area (Å²) in [6, 6.07) is 8.10. The van der Waals surface area contributed by atoms with Gasteiger partial charge in [-0.3, -0.25) is 4.79 Å². The normalized spacial score (nSPS) is 17.8. The van der Waals surface area contributed by atoms with Crippen LogP contribution in [0.3, 0.4) is 0 Å². The van der Waals surface area contributed by atoms with Crippen LogP contribution in [0.5, 0.6) is 0 Å². The molecule has 0 aromatic heterocycles. The number of hydrogen-bond donors (Lipinski definition) is 2. The van der Waals surface area contributed by atoms with Gasteiger partial charge in [0.1, 0.15) is 0 Å². The Labute approximate surface area is 128 Å². The second kappa shape index (κ2) is 7.36. The number of thioether (sulfide) groups is 1.